The van der Waals surface area contributed by atoms with E-state index in [1.807, 2.05) is 19.1 Å². The molecule has 0 radical (unpaired) electrons. The molecule has 1 aliphatic rings. The number of amides is 1. The summed E-state index contributed by atoms with van der Waals surface area (Å²) >= 11 is 2.30. The molecule has 0 spiro atoms. The second-order valence-electron chi connectivity index (χ2n) is 7.42. The maximum Gasteiger partial charge on any atom is 0.338 e. The molecule has 0 bridgehead atoms. The quantitative estimate of drug-likeness (QED) is 0.424. The number of halogens is 1. The van der Waals surface area contributed by atoms with E-state index in [1.165, 1.54) is 19.3 Å². The number of esters is 1. The van der Waals surface area contributed by atoms with E-state index in [1.54, 1.807) is 19.1 Å². The third-order valence-corrected chi connectivity index (χ3v) is 6.04. The van der Waals surface area contributed by atoms with E-state index >= 15 is 0 Å². The maximum absolute atomic E-state index is 13.2. The topological polar surface area (TPSA) is 58.6 Å². The van der Waals surface area contributed by atoms with Crippen molar-refractivity contribution in [2.45, 2.75) is 39.0 Å². The fraction of sp³-hybridized carbons (Fsp3) is 0.417. The van der Waals surface area contributed by atoms with E-state index < -0.39 is 5.92 Å². The molecule has 2 aromatic rings. The fourth-order valence-electron chi connectivity index (χ4n) is 3.95. The van der Waals surface area contributed by atoms with Gasteiger partial charge in [0, 0.05) is 28.9 Å². The van der Waals surface area contributed by atoms with Crippen LogP contribution in [0.15, 0.2) is 42.5 Å². The number of likely N-dealkylation sites (N-methyl/N-ethyl adjacent to an activating group) is 1. The van der Waals surface area contributed by atoms with Crippen LogP contribution >= 0.6 is 22.6 Å². The van der Waals surface area contributed by atoms with Gasteiger partial charge in [0.25, 0.3) is 0 Å². The highest BCUT2D eigenvalue weighted by Gasteiger charge is 2.28. The van der Waals surface area contributed by atoms with Crippen LogP contribution < -0.4 is 10.2 Å². The van der Waals surface area contributed by atoms with E-state index in [2.05, 4.69) is 51.0 Å². The van der Waals surface area contributed by atoms with E-state index in [0.29, 0.717) is 18.7 Å². The van der Waals surface area contributed by atoms with Crippen molar-refractivity contribution in [1.29, 1.82) is 0 Å². The average molecular weight is 520 g/mol. The first-order valence-electron chi connectivity index (χ1n) is 10.6. The molecule has 1 amide bonds. The Hall–Kier alpha value is -2.09. The van der Waals surface area contributed by atoms with E-state index in [0.717, 1.165) is 33.5 Å². The van der Waals surface area contributed by atoms with Gasteiger partial charge in [-0.3, -0.25) is 4.79 Å². The molecule has 1 saturated heterocycles. The molecular formula is C24H29IN2O3. The number of piperidine rings is 1. The van der Waals surface area contributed by atoms with Crippen molar-refractivity contribution in [2.24, 2.45) is 0 Å². The van der Waals surface area contributed by atoms with Gasteiger partial charge in [-0.25, -0.2) is 4.79 Å². The minimum absolute atomic E-state index is 0.0263. The van der Waals surface area contributed by atoms with E-state index in [-0.39, 0.29) is 11.9 Å². The summed E-state index contributed by atoms with van der Waals surface area (Å²) in [5.74, 6) is -0.809. The Morgan fingerprint density at radius 3 is 2.40 bits per heavy atom. The molecule has 1 unspecified atom stereocenters. The first-order valence-corrected chi connectivity index (χ1v) is 11.7. The molecule has 0 aliphatic carbocycles. The second-order valence-corrected chi connectivity index (χ2v) is 8.67. The average Bonchev–Trinajstić information content (AvgIpc) is 2.75. The largest absolute Gasteiger partial charge is 0.462 e. The van der Waals surface area contributed by atoms with Crippen molar-refractivity contribution < 1.29 is 14.3 Å². The maximum atomic E-state index is 13.2. The highest BCUT2D eigenvalue weighted by atomic mass is 127. The lowest BCUT2D eigenvalue weighted by Crippen LogP contribution is -2.34. The van der Waals surface area contributed by atoms with Crippen LogP contribution in [0.4, 0.5) is 5.69 Å². The molecule has 0 aromatic heterocycles. The summed E-state index contributed by atoms with van der Waals surface area (Å²) in [5, 5.41) is 3.00. The van der Waals surface area contributed by atoms with Crippen molar-refractivity contribution in [3.8, 4) is 0 Å². The second kappa shape index (κ2) is 10.8. The minimum Gasteiger partial charge on any atom is -0.462 e. The van der Waals surface area contributed by atoms with Crippen LogP contribution in [0.3, 0.4) is 0 Å². The van der Waals surface area contributed by atoms with Gasteiger partial charge in [0.05, 0.1) is 18.1 Å². The predicted octanol–water partition coefficient (Wildman–Crippen LogP) is 4.73. The summed E-state index contributed by atoms with van der Waals surface area (Å²) in [7, 11) is 0. The SMILES string of the molecule is CCNC(=O)C(c1ccc(C(=O)OCC)cc1)c1cc(I)ccc1N1CCCCC1. The standard InChI is InChI=1S/C24H29IN2O3/c1-3-26-23(28)22(17-8-10-18(11-9-17)24(29)30-4-2)20-16-19(25)12-13-21(20)27-14-6-5-7-15-27/h8-13,16,22H,3-7,14-15H2,1-2H3,(H,26,28). The molecule has 6 heteroatoms. The van der Waals surface area contributed by atoms with Crippen LogP contribution in [0.25, 0.3) is 0 Å². The number of nitrogens with one attached hydrogen (secondary N) is 1. The van der Waals surface area contributed by atoms with Crippen LogP contribution in [0.5, 0.6) is 0 Å². The summed E-state index contributed by atoms with van der Waals surface area (Å²) in [6.07, 6.45) is 3.60. The molecule has 30 heavy (non-hydrogen) atoms. The van der Waals surface area contributed by atoms with Gasteiger partial charge in [-0.2, -0.15) is 0 Å². The number of carbonyl (C=O) groups excluding carboxylic acids is 2. The van der Waals surface area contributed by atoms with Crippen molar-refractivity contribution in [2.75, 3.05) is 31.1 Å². The van der Waals surface area contributed by atoms with Crippen LogP contribution in [-0.2, 0) is 9.53 Å². The van der Waals surface area contributed by atoms with E-state index in [4.69, 9.17) is 4.74 Å². The molecule has 160 valence electrons. The zero-order valence-corrected chi connectivity index (χ0v) is 19.8. The Kier molecular flexibility index (Phi) is 8.13. The Labute approximate surface area is 192 Å². The van der Waals surface area contributed by atoms with Crippen LogP contribution in [-0.4, -0.2) is 38.1 Å². The molecule has 1 N–H and O–H groups in total. The third kappa shape index (κ3) is 5.33. The van der Waals surface area contributed by atoms with Crippen LogP contribution in [0.1, 0.15) is 60.5 Å². The third-order valence-electron chi connectivity index (χ3n) is 5.37. The summed E-state index contributed by atoms with van der Waals surface area (Å²) in [6, 6.07) is 13.6. The Morgan fingerprint density at radius 1 is 1.07 bits per heavy atom. The molecule has 1 heterocycles. The normalized spacial score (nSPS) is 14.8. The lowest BCUT2D eigenvalue weighted by molar-refractivity contribution is -0.121. The lowest BCUT2D eigenvalue weighted by atomic mass is 9.88. The van der Waals surface area contributed by atoms with Gasteiger partial charge in [-0.05, 0) is 97.2 Å². The van der Waals surface area contributed by atoms with Gasteiger partial charge in [0.1, 0.15) is 0 Å². The van der Waals surface area contributed by atoms with Crippen molar-refractivity contribution in [3.05, 3.63) is 62.7 Å². The van der Waals surface area contributed by atoms with Crippen molar-refractivity contribution in [1.82, 2.24) is 5.32 Å². The Balaban J connectivity index is 2.03. The van der Waals surface area contributed by atoms with Gasteiger partial charge in [0.2, 0.25) is 5.91 Å². The fourth-order valence-corrected chi connectivity index (χ4v) is 4.47. The highest BCUT2D eigenvalue weighted by Crippen LogP contribution is 2.35. The summed E-state index contributed by atoms with van der Waals surface area (Å²) in [6.45, 7) is 6.65. The molecular weight excluding hydrogens is 491 g/mol. The number of benzene rings is 2. The van der Waals surface area contributed by atoms with Gasteiger partial charge >= 0.3 is 5.97 Å². The molecule has 1 aliphatic heterocycles. The lowest BCUT2D eigenvalue weighted by Gasteiger charge is -2.32. The number of anilines is 1. The van der Waals surface area contributed by atoms with Crippen LogP contribution in [0.2, 0.25) is 0 Å². The molecule has 1 fully saturated rings. The zero-order valence-electron chi connectivity index (χ0n) is 17.6. The number of rotatable bonds is 7. The first kappa shape index (κ1) is 22.6. The number of hydrogen-bond acceptors (Lipinski definition) is 4. The number of carbonyl (C=O) groups is 2. The summed E-state index contributed by atoms with van der Waals surface area (Å²) in [5.41, 5.74) is 3.50. The molecule has 3 rings (SSSR count). The monoisotopic (exact) mass is 520 g/mol. The van der Waals surface area contributed by atoms with Gasteiger partial charge in [-0.15, -0.1) is 0 Å². The number of hydrogen-bond donors (Lipinski definition) is 1. The summed E-state index contributed by atoms with van der Waals surface area (Å²) in [4.78, 5) is 27.6. The van der Waals surface area contributed by atoms with Crippen LogP contribution in [0, 0.1) is 3.57 Å². The Bertz CT molecular complexity index is 877. The molecule has 0 saturated carbocycles. The predicted molar refractivity (Wildman–Crippen MR) is 128 cm³/mol. The van der Waals surface area contributed by atoms with E-state index in [9.17, 15) is 9.59 Å². The highest BCUT2D eigenvalue weighted by molar-refractivity contribution is 14.1. The van der Waals surface area contributed by atoms with Gasteiger partial charge < -0.3 is 15.0 Å². The summed E-state index contributed by atoms with van der Waals surface area (Å²) < 4.78 is 6.19. The first-order chi connectivity index (χ1) is 14.5. The number of ether oxygens (including phenoxy) is 1. The Morgan fingerprint density at radius 2 is 1.77 bits per heavy atom. The molecule has 5 nitrogen and oxygen atoms in total. The minimum atomic E-state index is -0.437. The van der Waals surface area contributed by atoms with Gasteiger partial charge in [-0.1, -0.05) is 12.1 Å². The van der Waals surface area contributed by atoms with Gasteiger partial charge in [0.15, 0.2) is 0 Å². The van der Waals surface area contributed by atoms with Crippen molar-refractivity contribution >= 4 is 40.2 Å². The molecule has 1 atom stereocenters. The van der Waals surface area contributed by atoms with Crippen molar-refractivity contribution in [3.63, 3.8) is 0 Å². The zero-order chi connectivity index (χ0) is 21.5. The smallest absolute Gasteiger partial charge is 0.338 e. The molecule has 2 aromatic carbocycles. The number of nitrogens with zero attached hydrogens (tertiary/aromatic N) is 1.